The monoisotopic (exact) mass is 252 g/mol. The fourth-order valence-corrected chi connectivity index (χ4v) is 1.53. The average Bonchev–Trinajstić information content (AvgIpc) is 2.39. The Labute approximate surface area is 105 Å². The van der Waals surface area contributed by atoms with E-state index in [0.717, 1.165) is 5.69 Å². The van der Waals surface area contributed by atoms with E-state index in [0.29, 0.717) is 5.71 Å². The van der Waals surface area contributed by atoms with Crippen LogP contribution in [0.3, 0.4) is 0 Å². The molecule has 0 amide bonds. The van der Waals surface area contributed by atoms with Crippen molar-refractivity contribution in [3.63, 3.8) is 0 Å². The molecule has 0 aliphatic carbocycles. The van der Waals surface area contributed by atoms with Gasteiger partial charge in [0, 0.05) is 0 Å². The summed E-state index contributed by atoms with van der Waals surface area (Å²) in [7, 11) is 1.35. The number of hydrogen-bond donors (Lipinski definition) is 1. The van der Waals surface area contributed by atoms with Crippen molar-refractivity contribution in [2.45, 2.75) is 12.2 Å². The van der Waals surface area contributed by atoms with Crippen LogP contribution in [0.25, 0.3) is 0 Å². The van der Waals surface area contributed by atoms with Crippen LogP contribution in [0.4, 0.5) is 5.69 Å². The summed E-state index contributed by atoms with van der Waals surface area (Å²) < 4.78 is 4.70. The molecule has 0 fully saturated rings. The molecule has 1 N–H and O–H groups in total. The molecule has 0 aliphatic rings. The van der Waals surface area contributed by atoms with E-state index < -0.39 is 5.97 Å². The second kappa shape index (κ2) is 6.96. The highest BCUT2D eigenvalue weighted by atomic mass is 32.2. The van der Waals surface area contributed by atoms with Crippen LogP contribution in [0.15, 0.2) is 35.4 Å². The molecule has 0 aromatic heterocycles. The van der Waals surface area contributed by atoms with Crippen LogP contribution in [0, 0.1) is 0 Å². The molecule has 1 rings (SSSR count). The summed E-state index contributed by atoms with van der Waals surface area (Å²) in [5.41, 5.74) is 4.06. The van der Waals surface area contributed by atoms with Gasteiger partial charge in [-0.25, -0.2) is 4.79 Å². The first-order valence-corrected chi connectivity index (χ1v) is 6.47. The van der Waals surface area contributed by atoms with Gasteiger partial charge in [-0.3, -0.25) is 5.43 Å². The van der Waals surface area contributed by atoms with E-state index in [-0.39, 0.29) is 5.25 Å². The largest absolute Gasteiger partial charge is 0.464 e. The molecular weight excluding hydrogens is 236 g/mol. The van der Waals surface area contributed by atoms with Gasteiger partial charge in [-0.15, -0.1) is 0 Å². The summed E-state index contributed by atoms with van der Waals surface area (Å²) in [5.74, 6) is -0.407. The molecule has 4 nitrogen and oxygen atoms in total. The third kappa shape index (κ3) is 4.11. The maximum absolute atomic E-state index is 11.5. The van der Waals surface area contributed by atoms with E-state index in [4.69, 9.17) is 4.74 Å². The Morgan fingerprint density at radius 2 is 2.06 bits per heavy atom. The molecule has 5 heteroatoms. The average molecular weight is 252 g/mol. The Bertz CT molecular complexity index is 393. The SMILES string of the molecule is COC(=O)/C(=N/Nc1ccccc1)C(C)SC. The number of nitrogens with one attached hydrogen (secondary N) is 1. The Kier molecular flexibility index (Phi) is 5.56. The lowest BCUT2D eigenvalue weighted by molar-refractivity contribution is -0.132. The first-order chi connectivity index (χ1) is 8.19. The van der Waals surface area contributed by atoms with Crippen molar-refractivity contribution in [1.82, 2.24) is 0 Å². The van der Waals surface area contributed by atoms with Crippen LogP contribution in [-0.4, -0.2) is 30.3 Å². The molecule has 0 radical (unpaired) electrons. The van der Waals surface area contributed by atoms with Crippen molar-refractivity contribution in [3.8, 4) is 0 Å². The van der Waals surface area contributed by atoms with Crippen molar-refractivity contribution < 1.29 is 9.53 Å². The number of carbonyl (C=O) groups excluding carboxylic acids is 1. The third-order valence-electron chi connectivity index (χ3n) is 2.21. The van der Waals surface area contributed by atoms with Crippen molar-refractivity contribution in [1.29, 1.82) is 0 Å². The molecule has 1 aromatic carbocycles. The van der Waals surface area contributed by atoms with Gasteiger partial charge in [0.2, 0.25) is 0 Å². The molecule has 1 unspecified atom stereocenters. The molecule has 0 saturated carbocycles. The van der Waals surface area contributed by atoms with Gasteiger partial charge in [0.15, 0.2) is 5.71 Å². The van der Waals surface area contributed by atoms with Crippen LogP contribution in [0.1, 0.15) is 6.92 Å². The zero-order chi connectivity index (χ0) is 12.7. The molecule has 17 heavy (non-hydrogen) atoms. The molecule has 0 heterocycles. The van der Waals surface area contributed by atoms with E-state index in [1.165, 1.54) is 7.11 Å². The minimum Gasteiger partial charge on any atom is -0.464 e. The minimum absolute atomic E-state index is 0.0151. The number of para-hydroxylation sites is 1. The normalized spacial score (nSPS) is 13.0. The predicted molar refractivity (Wildman–Crippen MR) is 72.5 cm³/mol. The fraction of sp³-hybridized carbons (Fsp3) is 0.333. The lowest BCUT2D eigenvalue weighted by Gasteiger charge is -2.10. The van der Waals surface area contributed by atoms with Gasteiger partial charge in [-0.2, -0.15) is 16.9 Å². The number of methoxy groups -OCH3 is 1. The number of carbonyl (C=O) groups is 1. The number of benzene rings is 1. The predicted octanol–water partition coefficient (Wildman–Crippen LogP) is 2.38. The summed E-state index contributed by atoms with van der Waals surface area (Å²) in [5, 5.41) is 4.09. The zero-order valence-corrected chi connectivity index (χ0v) is 11.0. The Balaban J connectivity index is 2.80. The van der Waals surface area contributed by atoms with Crippen LogP contribution in [0.5, 0.6) is 0 Å². The molecular formula is C12H16N2O2S. The van der Waals surface area contributed by atoms with Crippen molar-refractivity contribution in [2.24, 2.45) is 5.10 Å². The lowest BCUT2D eigenvalue weighted by Crippen LogP contribution is -2.26. The number of nitrogens with zero attached hydrogens (tertiary/aromatic N) is 1. The number of thioether (sulfide) groups is 1. The number of rotatable bonds is 5. The number of anilines is 1. The fourth-order valence-electron chi connectivity index (χ4n) is 1.16. The maximum atomic E-state index is 11.5. The highest BCUT2D eigenvalue weighted by molar-refractivity contribution is 8.00. The summed E-state index contributed by atoms with van der Waals surface area (Å²) in [6.07, 6.45) is 1.92. The highest BCUT2D eigenvalue weighted by Gasteiger charge is 2.19. The van der Waals surface area contributed by atoms with Gasteiger partial charge in [0.05, 0.1) is 18.0 Å². The second-order valence-electron chi connectivity index (χ2n) is 3.34. The Morgan fingerprint density at radius 1 is 1.41 bits per heavy atom. The number of esters is 1. The quantitative estimate of drug-likeness (QED) is 0.496. The molecule has 1 aromatic rings. The standard InChI is InChI=1S/C12H16N2O2S/c1-9(17-3)11(12(15)16-2)14-13-10-7-5-4-6-8-10/h4-9,13H,1-3H3/b14-11+. The molecule has 1 atom stereocenters. The minimum atomic E-state index is -0.407. The third-order valence-corrected chi connectivity index (χ3v) is 3.14. The smallest absolute Gasteiger partial charge is 0.355 e. The zero-order valence-electron chi connectivity index (χ0n) is 10.1. The topological polar surface area (TPSA) is 50.7 Å². The summed E-state index contributed by atoms with van der Waals surface area (Å²) in [6, 6.07) is 9.46. The van der Waals surface area contributed by atoms with E-state index in [1.807, 2.05) is 43.5 Å². The molecule has 0 bridgehead atoms. The van der Waals surface area contributed by atoms with Gasteiger partial charge < -0.3 is 4.74 Å². The van der Waals surface area contributed by atoms with Crippen molar-refractivity contribution >= 4 is 29.1 Å². The van der Waals surface area contributed by atoms with E-state index in [9.17, 15) is 4.79 Å². The van der Waals surface area contributed by atoms with E-state index >= 15 is 0 Å². The van der Waals surface area contributed by atoms with Crippen LogP contribution < -0.4 is 5.43 Å². The first-order valence-electron chi connectivity index (χ1n) is 5.18. The molecule has 92 valence electrons. The van der Waals surface area contributed by atoms with E-state index in [2.05, 4.69) is 10.5 Å². The van der Waals surface area contributed by atoms with Crippen LogP contribution in [0.2, 0.25) is 0 Å². The van der Waals surface area contributed by atoms with Crippen LogP contribution >= 0.6 is 11.8 Å². The maximum Gasteiger partial charge on any atom is 0.355 e. The number of hydrazone groups is 1. The van der Waals surface area contributed by atoms with Gasteiger partial charge in [-0.05, 0) is 25.3 Å². The van der Waals surface area contributed by atoms with Gasteiger partial charge in [0.1, 0.15) is 0 Å². The first kappa shape index (κ1) is 13.6. The Hall–Kier alpha value is -1.49. The van der Waals surface area contributed by atoms with Gasteiger partial charge in [0.25, 0.3) is 0 Å². The van der Waals surface area contributed by atoms with E-state index in [1.54, 1.807) is 11.8 Å². The molecule has 0 saturated heterocycles. The second-order valence-corrected chi connectivity index (χ2v) is 4.52. The molecule has 0 aliphatic heterocycles. The Morgan fingerprint density at radius 3 is 2.59 bits per heavy atom. The highest BCUT2D eigenvalue weighted by Crippen LogP contribution is 2.10. The van der Waals surface area contributed by atoms with Crippen molar-refractivity contribution in [3.05, 3.63) is 30.3 Å². The van der Waals surface area contributed by atoms with Crippen LogP contribution in [-0.2, 0) is 9.53 Å². The summed E-state index contributed by atoms with van der Waals surface area (Å²) in [4.78, 5) is 11.5. The number of hydrogen-bond acceptors (Lipinski definition) is 5. The summed E-state index contributed by atoms with van der Waals surface area (Å²) >= 11 is 1.54. The number of ether oxygens (including phenoxy) is 1. The van der Waals surface area contributed by atoms with Gasteiger partial charge in [-0.1, -0.05) is 18.2 Å². The van der Waals surface area contributed by atoms with Gasteiger partial charge >= 0.3 is 5.97 Å². The lowest BCUT2D eigenvalue weighted by atomic mass is 10.3. The van der Waals surface area contributed by atoms with Crippen molar-refractivity contribution in [2.75, 3.05) is 18.8 Å². The molecule has 0 spiro atoms. The summed E-state index contributed by atoms with van der Waals surface area (Å²) in [6.45, 7) is 1.91.